The van der Waals surface area contributed by atoms with E-state index in [1.807, 2.05) is 0 Å². The van der Waals surface area contributed by atoms with E-state index in [0.717, 1.165) is 19.3 Å². The number of nitrogens with one attached hydrogen (secondary N) is 2. The lowest BCUT2D eigenvalue weighted by Crippen LogP contribution is -2.51. The minimum Gasteiger partial charge on any atom is -0.480 e. The first-order valence-electron chi connectivity index (χ1n) is 6.27. The Morgan fingerprint density at radius 3 is 2.56 bits per heavy atom. The fourth-order valence-corrected chi connectivity index (χ4v) is 2.34. The zero-order valence-corrected chi connectivity index (χ0v) is 10.9. The van der Waals surface area contributed by atoms with Crippen molar-refractivity contribution in [2.45, 2.75) is 51.6 Å². The zero-order chi connectivity index (χ0) is 13.8. The average molecular weight is 258 g/mol. The van der Waals surface area contributed by atoms with Crippen molar-refractivity contribution >= 4 is 12.0 Å². The number of aliphatic carboxylic acids is 1. The molecule has 0 aliphatic heterocycles. The fraction of sp³-hybridized carbons (Fsp3) is 0.833. The minimum absolute atomic E-state index is 0.0107. The molecule has 0 saturated heterocycles. The molecular weight excluding hydrogens is 236 g/mol. The van der Waals surface area contributed by atoms with Crippen LogP contribution in [0.4, 0.5) is 4.79 Å². The highest BCUT2D eigenvalue weighted by molar-refractivity contribution is 5.82. The van der Waals surface area contributed by atoms with Crippen LogP contribution in [0.15, 0.2) is 0 Å². The summed E-state index contributed by atoms with van der Waals surface area (Å²) < 4.78 is 0. The highest BCUT2D eigenvalue weighted by Gasteiger charge is 2.35. The van der Waals surface area contributed by atoms with E-state index in [9.17, 15) is 9.59 Å². The number of urea groups is 1. The van der Waals surface area contributed by atoms with Crippen LogP contribution in [0.3, 0.4) is 0 Å². The van der Waals surface area contributed by atoms with E-state index >= 15 is 0 Å². The molecule has 6 nitrogen and oxygen atoms in total. The third-order valence-corrected chi connectivity index (χ3v) is 3.58. The summed E-state index contributed by atoms with van der Waals surface area (Å²) in [6.45, 7) is 3.91. The van der Waals surface area contributed by atoms with Gasteiger partial charge in [0.15, 0.2) is 0 Å². The Morgan fingerprint density at radius 2 is 2.11 bits per heavy atom. The lowest BCUT2D eigenvalue weighted by Gasteiger charge is -2.28. The van der Waals surface area contributed by atoms with E-state index in [1.165, 1.54) is 0 Å². The molecule has 0 spiro atoms. The Bertz CT molecular complexity index is 317. The Kier molecular flexibility index (Phi) is 4.95. The van der Waals surface area contributed by atoms with Gasteiger partial charge >= 0.3 is 12.0 Å². The summed E-state index contributed by atoms with van der Waals surface area (Å²) in [7, 11) is 0. The lowest BCUT2D eigenvalue weighted by molar-refractivity contribution is -0.139. The maximum atomic E-state index is 11.7. The highest BCUT2D eigenvalue weighted by Crippen LogP contribution is 2.37. The summed E-state index contributed by atoms with van der Waals surface area (Å²) >= 11 is 0. The largest absolute Gasteiger partial charge is 0.480 e. The topological polar surface area (TPSA) is 98.7 Å². The van der Waals surface area contributed by atoms with E-state index in [-0.39, 0.29) is 24.5 Å². The molecule has 1 aliphatic rings. The van der Waals surface area contributed by atoms with Crippen LogP contribution in [0.25, 0.3) is 0 Å². The maximum Gasteiger partial charge on any atom is 0.326 e. The molecule has 0 heterocycles. The second kappa shape index (κ2) is 6.04. The standard InChI is InChI=1S/C12H22N2O4/c1-12(2)6-3-4-9(12)14-11(18)13-8(5-7-15)10(16)17/h8-9,15H,3-7H2,1-2H3,(H,16,17)(H2,13,14,18)/t8-,9?/m1/s1. The molecule has 0 aromatic carbocycles. The van der Waals surface area contributed by atoms with E-state index < -0.39 is 18.0 Å². The number of hydrogen-bond donors (Lipinski definition) is 4. The highest BCUT2D eigenvalue weighted by atomic mass is 16.4. The summed E-state index contributed by atoms with van der Waals surface area (Å²) in [5.41, 5.74) is 0.0486. The van der Waals surface area contributed by atoms with Crippen molar-refractivity contribution in [2.75, 3.05) is 6.61 Å². The number of aliphatic hydroxyl groups is 1. The van der Waals surface area contributed by atoms with Crippen molar-refractivity contribution in [3.63, 3.8) is 0 Å². The van der Waals surface area contributed by atoms with E-state index in [4.69, 9.17) is 10.2 Å². The van der Waals surface area contributed by atoms with Gasteiger partial charge < -0.3 is 20.8 Å². The van der Waals surface area contributed by atoms with Gasteiger partial charge in [0.1, 0.15) is 6.04 Å². The van der Waals surface area contributed by atoms with Crippen LogP contribution in [0.2, 0.25) is 0 Å². The quantitative estimate of drug-likeness (QED) is 0.583. The van der Waals surface area contributed by atoms with Gasteiger partial charge in [-0.25, -0.2) is 9.59 Å². The van der Waals surface area contributed by atoms with Crippen LogP contribution in [0.5, 0.6) is 0 Å². The molecule has 6 heteroatoms. The molecule has 0 radical (unpaired) electrons. The van der Waals surface area contributed by atoms with E-state index in [0.29, 0.717) is 0 Å². The predicted molar refractivity (Wildman–Crippen MR) is 66.2 cm³/mol. The van der Waals surface area contributed by atoms with Crippen molar-refractivity contribution in [3.8, 4) is 0 Å². The van der Waals surface area contributed by atoms with Gasteiger partial charge in [0.2, 0.25) is 0 Å². The first-order valence-corrected chi connectivity index (χ1v) is 6.27. The molecule has 0 aromatic heterocycles. The fourth-order valence-electron chi connectivity index (χ4n) is 2.34. The number of carboxylic acid groups (broad SMARTS) is 1. The zero-order valence-electron chi connectivity index (χ0n) is 10.9. The Labute approximate surface area is 107 Å². The summed E-state index contributed by atoms with van der Waals surface area (Å²) in [5.74, 6) is -1.13. The van der Waals surface area contributed by atoms with Crippen molar-refractivity contribution in [3.05, 3.63) is 0 Å². The molecule has 104 valence electrons. The van der Waals surface area contributed by atoms with Gasteiger partial charge in [0, 0.05) is 19.1 Å². The van der Waals surface area contributed by atoms with E-state index in [1.54, 1.807) is 0 Å². The smallest absolute Gasteiger partial charge is 0.326 e. The third kappa shape index (κ3) is 3.87. The molecular formula is C12H22N2O4. The maximum absolute atomic E-state index is 11.7. The second-order valence-corrected chi connectivity index (χ2v) is 5.45. The first kappa shape index (κ1) is 14.8. The first-order chi connectivity index (χ1) is 8.36. The average Bonchev–Trinajstić information content (AvgIpc) is 2.57. The van der Waals surface area contributed by atoms with Crippen LogP contribution >= 0.6 is 0 Å². The van der Waals surface area contributed by atoms with Crippen LogP contribution in [-0.4, -0.2) is 40.9 Å². The van der Waals surface area contributed by atoms with Crippen molar-refractivity contribution in [1.82, 2.24) is 10.6 Å². The van der Waals surface area contributed by atoms with Gasteiger partial charge in [-0.05, 0) is 18.3 Å². The van der Waals surface area contributed by atoms with Crippen molar-refractivity contribution < 1.29 is 19.8 Å². The molecule has 1 aliphatic carbocycles. The van der Waals surface area contributed by atoms with Crippen LogP contribution in [0, 0.1) is 5.41 Å². The van der Waals surface area contributed by atoms with Crippen LogP contribution in [-0.2, 0) is 4.79 Å². The number of amides is 2. The van der Waals surface area contributed by atoms with Crippen LogP contribution in [0.1, 0.15) is 39.5 Å². The normalized spacial score (nSPS) is 23.4. The van der Waals surface area contributed by atoms with Gasteiger partial charge in [0.05, 0.1) is 0 Å². The molecule has 18 heavy (non-hydrogen) atoms. The molecule has 1 saturated carbocycles. The number of rotatable bonds is 5. The number of carboxylic acids is 1. The van der Waals surface area contributed by atoms with Gasteiger partial charge in [-0.2, -0.15) is 0 Å². The molecule has 2 atom stereocenters. The van der Waals surface area contributed by atoms with E-state index in [2.05, 4.69) is 24.5 Å². The Morgan fingerprint density at radius 1 is 1.44 bits per heavy atom. The summed E-state index contributed by atoms with van der Waals surface area (Å²) in [6.07, 6.45) is 3.04. The molecule has 4 N–H and O–H groups in total. The number of aliphatic hydroxyl groups excluding tert-OH is 1. The Balaban J connectivity index is 2.47. The molecule has 0 aromatic rings. The summed E-state index contributed by atoms with van der Waals surface area (Å²) in [4.78, 5) is 22.5. The second-order valence-electron chi connectivity index (χ2n) is 5.45. The van der Waals surface area contributed by atoms with Crippen molar-refractivity contribution in [2.24, 2.45) is 5.41 Å². The number of carbonyl (C=O) groups is 2. The van der Waals surface area contributed by atoms with Gasteiger partial charge in [-0.3, -0.25) is 0 Å². The minimum atomic E-state index is -1.13. The summed E-state index contributed by atoms with van der Waals surface area (Å²) in [6, 6.07) is -1.45. The molecule has 1 unspecified atom stereocenters. The molecule has 1 rings (SSSR count). The SMILES string of the molecule is CC1(C)CCCC1NC(=O)N[C@H](CCO)C(=O)O. The molecule has 1 fully saturated rings. The van der Waals surface area contributed by atoms with Crippen molar-refractivity contribution in [1.29, 1.82) is 0 Å². The number of carbonyl (C=O) groups excluding carboxylic acids is 1. The monoisotopic (exact) mass is 258 g/mol. The van der Waals surface area contributed by atoms with Crippen LogP contribution < -0.4 is 10.6 Å². The summed E-state index contributed by atoms with van der Waals surface area (Å²) in [5, 5.41) is 22.8. The lowest BCUT2D eigenvalue weighted by atomic mass is 9.87. The van der Waals surface area contributed by atoms with Gasteiger partial charge in [0.25, 0.3) is 0 Å². The predicted octanol–water partition coefficient (Wildman–Crippen LogP) is 0.700. The van der Waals surface area contributed by atoms with Gasteiger partial charge in [-0.1, -0.05) is 20.3 Å². The third-order valence-electron chi connectivity index (χ3n) is 3.58. The molecule has 0 bridgehead atoms. The van der Waals surface area contributed by atoms with Gasteiger partial charge in [-0.15, -0.1) is 0 Å². The Hall–Kier alpha value is -1.30. The molecule has 2 amide bonds. The number of hydrogen-bond acceptors (Lipinski definition) is 3.